The molecule has 170 valence electrons. The summed E-state index contributed by atoms with van der Waals surface area (Å²) in [4.78, 5) is 38.8. The molecule has 2 unspecified atom stereocenters. The highest BCUT2D eigenvalue weighted by Crippen LogP contribution is 2.48. The van der Waals surface area contributed by atoms with Crippen LogP contribution < -0.4 is 16.0 Å². The molecule has 3 rings (SSSR count). The van der Waals surface area contributed by atoms with E-state index in [4.69, 9.17) is 4.74 Å². The minimum absolute atomic E-state index is 0.117. The second-order valence-corrected chi connectivity index (χ2v) is 10.7. The van der Waals surface area contributed by atoms with Crippen LogP contribution >= 0.6 is 18.5 Å². The Morgan fingerprint density at radius 1 is 1.25 bits per heavy atom. The number of ether oxygens (including phenoxy) is 1. The lowest BCUT2D eigenvalue weighted by Gasteiger charge is -2.21. The SMILES string of the molecule is Cc1[nH]c(/C=C2\C(=O)Nc3ccc(NC=O)cc32)c(C(F)(P)P)c1NC(=O)OC(C)(C)C. The molecule has 0 spiro atoms. The van der Waals surface area contributed by atoms with E-state index in [1.807, 2.05) is 0 Å². The molecule has 0 radical (unpaired) electrons. The summed E-state index contributed by atoms with van der Waals surface area (Å²) in [7, 11) is 4.13. The largest absolute Gasteiger partial charge is 0.444 e. The first-order valence-corrected chi connectivity index (χ1v) is 10.8. The minimum atomic E-state index is -2.01. The Labute approximate surface area is 189 Å². The van der Waals surface area contributed by atoms with Crippen molar-refractivity contribution in [2.24, 2.45) is 0 Å². The molecule has 1 aliphatic rings. The van der Waals surface area contributed by atoms with Gasteiger partial charge in [0.15, 0.2) is 5.15 Å². The number of aromatic nitrogens is 1. The van der Waals surface area contributed by atoms with Gasteiger partial charge in [-0.25, -0.2) is 9.18 Å². The summed E-state index contributed by atoms with van der Waals surface area (Å²) in [6, 6.07) is 4.97. The van der Waals surface area contributed by atoms with E-state index >= 15 is 4.39 Å². The van der Waals surface area contributed by atoms with Crippen molar-refractivity contribution in [3.63, 3.8) is 0 Å². The number of fused-ring (bicyclic) bond motifs is 1. The predicted molar refractivity (Wildman–Crippen MR) is 130 cm³/mol. The third kappa shape index (κ3) is 5.17. The van der Waals surface area contributed by atoms with Gasteiger partial charge < -0.3 is 20.4 Å². The highest BCUT2D eigenvalue weighted by Gasteiger charge is 2.33. The third-order valence-electron chi connectivity index (χ3n) is 4.54. The number of benzene rings is 1. The Hall–Kier alpha value is -2.76. The first-order chi connectivity index (χ1) is 14.8. The fourth-order valence-corrected chi connectivity index (χ4v) is 3.95. The number of nitrogens with one attached hydrogen (secondary N) is 4. The Morgan fingerprint density at radius 2 is 1.94 bits per heavy atom. The molecule has 2 atom stereocenters. The lowest BCUT2D eigenvalue weighted by atomic mass is 10.0. The first-order valence-electron chi connectivity index (χ1n) is 9.67. The summed E-state index contributed by atoms with van der Waals surface area (Å²) in [5.74, 6) is -0.375. The Balaban J connectivity index is 2.09. The average molecular weight is 478 g/mol. The first kappa shape index (κ1) is 23.9. The molecule has 0 aliphatic carbocycles. The van der Waals surface area contributed by atoms with Gasteiger partial charge in [0.2, 0.25) is 6.41 Å². The molecule has 1 aromatic heterocycles. The van der Waals surface area contributed by atoms with Gasteiger partial charge >= 0.3 is 6.09 Å². The summed E-state index contributed by atoms with van der Waals surface area (Å²) in [5, 5.41) is 5.88. The van der Waals surface area contributed by atoms with Crippen molar-refractivity contribution in [1.82, 2.24) is 4.98 Å². The Bertz CT molecular complexity index is 1130. The van der Waals surface area contributed by atoms with Gasteiger partial charge in [-0.2, -0.15) is 0 Å². The quantitative estimate of drug-likeness (QED) is 0.287. The fourth-order valence-electron chi connectivity index (χ4n) is 3.35. The van der Waals surface area contributed by atoms with Crippen molar-refractivity contribution < 1.29 is 23.5 Å². The number of amides is 3. The van der Waals surface area contributed by atoms with Crippen LogP contribution in [0.2, 0.25) is 0 Å². The van der Waals surface area contributed by atoms with E-state index in [9.17, 15) is 14.4 Å². The molecule has 0 fully saturated rings. The summed E-state index contributed by atoms with van der Waals surface area (Å²) in [6.07, 6.45) is 1.32. The van der Waals surface area contributed by atoms with E-state index in [1.165, 1.54) is 6.08 Å². The second-order valence-electron chi connectivity index (χ2n) is 8.34. The van der Waals surface area contributed by atoms with E-state index in [-0.39, 0.29) is 22.7 Å². The van der Waals surface area contributed by atoms with E-state index in [2.05, 4.69) is 39.4 Å². The lowest BCUT2D eigenvalue weighted by molar-refractivity contribution is -0.110. The Kier molecular flexibility index (Phi) is 6.45. The van der Waals surface area contributed by atoms with E-state index < -0.39 is 16.8 Å². The maximum Gasteiger partial charge on any atom is 0.412 e. The number of hydrogen-bond acceptors (Lipinski definition) is 4. The number of anilines is 3. The van der Waals surface area contributed by atoms with Crippen LogP contribution in [0.25, 0.3) is 11.6 Å². The zero-order valence-corrected chi connectivity index (χ0v) is 20.4. The number of alkyl halides is 1. The van der Waals surface area contributed by atoms with Gasteiger partial charge in [0, 0.05) is 33.9 Å². The normalized spacial score (nSPS) is 14.7. The summed E-state index contributed by atoms with van der Waals surface area (Å²) >= 11 is 0. The second kappa shape index (κ2) is 8.64. The van der Waals surface area contributed by atoms with Crippen molar-refractivity contribution in [3.05, 3.63) is 40.7 Å². The van der Waals surface area contributed by atoms with Crippen LogP contribution in [-0.2, 0) is 19.5 Å². The smallest absolute Gasteiger partial charge is 0.412 e. The fraction of sp³-hybridized carbons (Fsp3) is 0.286. The number of carbonyl (C=O) groups excluding carboxylic acids is 3. The molecule has 4 N–H and O–H groups in total. The maximum atomic E-state index is 15.2. The average Bonchev–Trinajstić information content (AvgIpc) is 3.10. The topological polar surface area (TPSA) is 112 Å². The van der Waals surface area contributed by atoms with Crippen LogP contribution in [0.5, 0.6) is 0 Å². The molecule has 1 aliphatic heterocycles. The number of H-pyrrole nitrogens is 1. The molecule has 0 bridgehead atoms. The molecule has 1 aromatic carbocycles. The van der Waals surface area contributed by atoms with Crippen LogP contribution in [-0.4, -0.2) is 29.0 Å². The summed E-state index contributed by atoms with van der Waals surface area (Å²) in [5.41, 5.74) is 2.30. The van der Waals surface area contributed by atoms with Gasteiger partial charge in [0.1, 0.15) is 5.60 Å². The molecule has 0 saturated carbocycles. The standard InChI is InChI=1S/C21H25FN4O4P2/c1-10-17(26-19(29)30-20(2,3)4)16(21(22,31)32)15(24-10)8-13-12-7-11(23-9-27)5-6-14(12)25-18(13)28/h5-9,24H,31-32H2,1-4H3,(H,23,27)(H,25,28)(H,26,29)/b13-8-. The number of hydrogen-bond donors (Lipinski definition) is 4. The van der Waals surface area contributed by atoms with E-state index in [0.29, 0.717) is 34.7 Å². The Morgan fingerprint density at radius 3 is 2.53 bits per heavy atom. The molecular formula is C21H25FN4O4P2. The van der Waals surface area contributed by atoms with Crippen LogP contribution in [0, 0.1) is 6.92 Å². The number of carbonyl (C=O) groups is 3. The van der Waals surface area contributed by atoms with Gasteiger partial charge in [-0.15, -0.1) is 0 Å². The molecule has 0 saturated heterocycles. The zero-order valence-electron chi connectivity index (χ0n) is 18.1. The molecule has 8 nitrogen and oxygen atoms in total. The van der Waals surface area contributed by atoms with Gasteiger partial charge in [0.05, 0.1) is 11.3 Å². The van der Waals surface area contributed by atoms with E-state index in [1.54, 1.807) is 45.9 Å². The van der Waals surface area contributed by atoms with Gasteiger partial charge in [-0.05, 0) is 52.0 Å². The molecule has 32 heavy (non-hydrogen) atoms. The summed E-state index contributed by atoms with van der Waals surface area (Å²) in [6.45, 7) is 6.85. The van der Waals surface area contributed by atoms with Crippen molar-refractivity contribution in [3.8, 4) is 0 Å². The van der Waals surface area contributed by atoms with Crippen molar-refractivity contribution in [2.45, 2.75) is 38.4 Å². The maximum absolute atomic E-state index is 15.2. The molecule has 11 heteroatoms. The molecule has 3 amide bonds. The highest BCUT2D eigenvalue weighted by molar-refractivity contribution is 7.38. The number of aromatic amines is 1. The molecular weight excluding hydrogens is 453 g/mol. The van der Waals surface area contributed by atoms with Crippen LogP contribution in [0.4, 0.5) is 26.2 Å². The van der Waals surface area contributed by atoms with Crippen molar-refractivity contribution in [1.29, 1.82) is 0 Å². The molecule has 2 aromatic rings. The summed E-state index contributed by atoms with van der Waals surface area (Å²) < 4.78 is 20.5. The van der Waals surface area contributed by atoms with Crippen LogP contribution in [0.15, 0.2) is 18.2 Å². The number of rotatable bonds is 5. The monoisotopic (exact) mass is 478 g/mol. The number of halogens is 1. The van der Waals surface area contributed by atoms with Gasteiger partial charge in [0.25, 0.3) is 5.91 Å². The van der Waals surface area contributed by atoms with Crippen molar-refractivity contribution in [2.75, 3.05) is 16.0 Å². The van der Waals surface area contributed by atoms with Crippen molar-refractivity contribution >= 4 is 65.6 Å². The molecule has 2 heterocycles. The minimum Gasteiger partial charge on any atom is -0.444 e. The predicted octanol–water partition coefficient (Wildman–Crippen LogP) is 4.56. The van der Waals surface area contributed by atoms with Crippen LogP contribution in [0.3, 0.4) is 0 Å². The zero-order chi connectivity index (χ0) is 23.8. The van der Waals surface area contributed by atoms with Crippen LogP contribution in [0.1, 0.15) is 43.3 Å². The highest BCUT2D eigenvalue weighted by atomic mass is 31.1. The third-order valence-corrected chi connectivity index (χ3v) is 5.12. The van der Waals surface area contributed by atoms with Gasteiger partial charge in [-0.3, -0.25) is 14.9 Å². The van der Waals surface area contributed by atoms with E-state index in [0.717, 1.165) is 0 Å². The number of aryl methyl sites for hydroxylation is 1. The lowest BCUT2D eigenvalue weighted by Crippen LogP contribution is -2.27. The van der Waals surface area contributed by atoms with Gasteiger partial charge in [-0.1, -0.05) is 18.5 Å².